The normalized spacial score (nSPS) is 24.2. The Kier molecular flexibility index (Phi) is 3.96. The number of hydrogen-bond donors (Lipinski definition) is 2. The first-order chi connectivity index (χ1) is 11.4. The van der Waals surface area contributed by atoms with Gasteiger partial charge in [-0.2, -0.15) is 0 Å². The van der Waals surface area contributed by atoms with Crippen molar-refractivity contribution >= 4 is 34.1 Å². The van der Waals surface area contributed by atoms with Crippen LogP contribution in [0.1, 0.15) is 61.3 Å². The van der Waals surface area contributed by atoms with Gasteiger partial charge < -0.3 is 16.2 Å². The van der Waals surface area contributed by atoms with E-state index >= 15 is 0 Å². The molecule has 0 radical (unpaired) electrons. The van der Waals surface area contributed by atoms with Crippen LogP contribution in [0.3, 0.4) is 0 Å². The summed E-state index contributed by atoms with van der Waals surface area (Å²) in [5, 5.41) is 0.415. The largest absolute Gasteiger partial charge is 0.368 e. The van der Waals surface area contributed by atoms with Crippen LogP contribution in [0.4, 0.5) is 5.00 Å². The van der Waals surface area contributed by atoms with Crippen molar-refractivity contribution in [1.82, 2.24) is 0 Å². The van der Waals surface area contributed by atoms with Gasteiger partial charge in [0.1, 0.15) is 11.0 Å². The molecule has 1 aromatic heterocycles. The minimum Gasteiger partial charge on any atom is -0.368 e. The van der Waals surface area contributed by atoms with Gasteiger partial charge in [0.05, 0.1) is 16.8 Å². The number of hydrogen-bond acceptors (Lipinski definition) is 5. The van der Waals surface area contributed by atoms with Crippen molar-refractivity contribution in [3.63, 3.8) is 0 Å². The van der Waals surface area contributed by atoms with Crippen LogP contribution in [0.2, 0.25) is 0 Å². The van der Waals surface area contributed by atoms with Gasteiger partial charge in [0.15, 0.2) is 0 Å². The van der Waals surface area contributed by atoms with Crippen molar-refractivity contribution in [1.29, 1.82) is 0 Å². The van der Waals surface area contributed by atoms with E-state index in [4.69, 9.17) is 16.2 Å². The second kappa shape index (κ2) is 5.54. The molecule has 2 aliphatic rings. The molecule has 0 unspecified atom stereocenters. The van der Waals surface area contributed by atoms with Crippen LogP contribution in [0.5, 0.6) is 0 Å². The van der Waals surface area contributed by atoms with Crippen LogP contribution in [0, 0.1) is 0 Å². The smallest absolute Gasteiger partial charge is 0.252 e. The molecule has 0 aliphatic carbocycles. The second-order valence-electron chi connectivity index (χ2n) is 7.72. The van der Waals surface area contributed by atoms with Crippen LogP contribution in [-0.2, 0) is 26.3 Å². The zero-order valence-corrected chi connectivity index (χ0v) is 15.7. The number of ether oxygens (including phenoxy) is 1. The SMILES string of the molecule is CC1(C)Cc2c(sc(N3C(=O)CC[C@@H]3C(N)=O)c2C(N)=O)C(C)(C)O1. The van der Waals surface area contributed by atoms with Crippen LogP contribution >= 0.6 is 11.3 Å². The fourth-order valence-corrected chi connectivity index (χ4v) is 5.37. The molecule has 0 aromatic carbocycles. The van der Waals surface area contributed by atoms with Gasteiger partial charge in [0.2, 0.25) is 11.8 Å². The van der Waals surface area contributed by atoms with E-state index < -0.39 is 29.1 Å². The highest BCUT2D eigenvalue weighted by Gasteiger charge is 2.46. The molecule has 1 aromatic rings. The van der Waals surface area contributed by atoms with Crippen molar-refractivity contribution in [2.24, 2.45) is 11.5 Å². The van der Waals surface area contributed by atoms with Crippen LogP contribution < -0.4 is 16.4 Å². The number of nitrogens with two attached hydrogens (primary N) is 2. The molecule has 3 heterocycles. The molecule has 1 atom stereocenters. The summed E-state index contributed by atoms with van der Waals surface area (Å²) in [6.45, 7) is 7.75. The molecule has 7 nitrogen and oxygen atoms in total. The molecule has 3 amide bonds. The Balaban J connectivity index is 2.23. The summed E-state index contributed by atoms with van der Waals surface area (Å²) in [6, 6.07) is -0.747. The molecule has 25 heavy (non-hydrogen) atoms. The molecule has 8 heteroatoms. The maximum Gasteiger partial charge on any atom is 0.252 e. The summed E-state index contributed by atoms with van der Waals surface area (Å²) in [4.78, 5) is 38.7. The first-order valence-corrected chi connectivity index (χ1v) is 9.04. The predicted octanol–water partition coefficient (Wildman–Crippen LogP) is 1.41. The first kappa shape index (κ1) is 17.9. The number of anilines is 1. The summed E-state index contributed by atoms with van der Waals surface area (Å²) in [5.74, 6) is -1.41. The Morgan fingerprint density at radius 3 is 2.44 bits per heavy atom. The van der Waals surface area contributed by atoms with Gasteiger partial charge in [0, 0.05) is 17.7 Å². The Morgan fingerprint density at radius 1 is 1.24 bits per heavy atom. The first-order valence-electron chi connectivity index (χ1n) is 8.22. The molecule has 0 spiro atoms. The molecule has 0 saturated carbocycles. The van der Waals surface area contributed by atoms with E-state index in [1.165, 1.54) is 16.2 Å². The number of carbonyl (C=O) groups is 3. The van der Waals surface area contributed by atoms with Gasteiger partial charge in [-0.15, -0.1) is 11.3 Å². The molecular weight excluding hydrogens is 342 g/mol. The molecule has 4 N–H and O–H groups in total. The highest BCUT2D eigenvalue weighted by molar-refractivity contribution is 7.17. The third kappa shape index (κ3) is 2.83. The van der Waals surface area contributed by atoms with Crippen LogP contribution in [-0.4, -0.2) is 29.4 Å². The Bertz CT molecular complexity index is 781. The Labute approximate surface area is 150 Å². The van der Waals surface area contributed by atoms with E-state index in [0.717, 1.165) is 10.4 Å². The third-order valence-electron chi connectivity index (χ3n) is 4.67. The van der Waals surface area contributed by atoms with E-state index in [1.54, 1.807) is 0 Å². The maximum atomic E-state index is 12.4. The lowest BCUT2D eigenvalue weighted by Gasteiger charge is -2.41. The number of nitrogens with zero attached hydrogens (tertiary/aromatic N) is 1. The number of rotatable bonds is 3. The van der Waals surface area contributed by atoms with Gasteiger partial charge in [-0.1, -0.05) is 0 Å². The zero-order valence-electron chi connectivity index (χ0n) is 14.8. The molecular formula is C17H23N3O4S. The van der Waals surface area contributed by atoms with Crippen molar-refractivity contribution in [2.45, 2.75) is 64.2 Å². The fraction of sp³-hybridized carbons (Fsp3) is 0.588. The Hall–Kier alpha value is -1.93. The van der Waals surface area contributed by atoms with Crippen molar-refractivity contribution in [3.05, 3.63) is 16.0 Å². The summed E-state index contributed by atoms with van der Waals surface area (Å²) >= 11 is 1.29. The topological polar surface area (TPSA) is 116 Å². The number of thiophene rings is 1. The number of fused-ring (bicyclic) bond motifs is 1. The third-order valence-corrected chi connectivity index (χ3v) is 6.21. The van der Waals surface area contributed by atoms with E-state index in [-0.39, 0.29) is 12.3 Å². The van der Waals surface area contributed by atoms with Gasteiger partial charge in [-0.25, -0.2) is 0 Å². The number of carbonyl (C=O) groups excluding carboxylic acids is 3. The Morgan fingerprint density at radius 2 is 1.88 bits per heavy atom. The maximum absolute atomic E-state index is 12.4. The summed E-state index contributed by atoms with van der Waals surface area (Å²) in [5.41, 5.74) is 11.1. The van der Waals surface area contributed by atoms with Gasteiger partial charge in [-0.05, 0) is 39.7 Å². The van der Waals surface area contributed by atoms with Crippen molar-refractivity contribution in [2.75, 3.05) is 4.90 Å². The standard InChI is InChI=1S/C17H23N3O4S/c1-16(2)7-8-11(14(19)23)15(25-12(8)17(3,4)24-16)20-9(13(18)22)5-6-10(20)21/h9H,5-7H2,1-4H3,(H2,18,22)(H2,19,23)/t9-/m1/s1. The minimum absolute atomic E-state index is 0.220. The zero-order chi connectivity index (χ0) is 18.7. The van der Waals surface area contributed by atoms with E-state index in [1.807, 2.05) is 27.7 Å². The highest BCUT2D eigenvalue weighted by Crippen LogP contribution is 2.50. The molecule has 1 saturated heterocycles. The lowest BCUT2D eigenvalue weighted by molar-refractivity contribution is -0.135. The van der Waals surface area contributed by atoms with Gasteiger partial charge in [-0.3, -0.25) is 19.3 Å². The molecule has 3 rings (SSSR count). The average molecular weight is 365 g/mol. The quantitative estimate of drug-likeness (QED) is 0.842. The average Bonchev–Trinajstić information content (AvgIpc) is 2.97. The fourth-order valence-electron chi connectivity index (χ4n) is 3.94. The summed E-state index contributed by atoms with van der Waals surface area (Å²) in [7, 11) is 0. The second-order valence-corrected chi connectivity index (χ2v) is 8.72. The van der Waals surface area contributed by atoms with Crippen LogP contribution in [0.25, 0.3) is 0 Å². The van der Waals surface area contributed by atoms with Gasteiger partial charge >= 0.3 is 0 Å². The van der Waals surface area contributed by atoms with E-state index in [0.29, 0.717) is 23.4 Å². The molecule has 0 bridgehead atoms. The van der Waals surface area contributed by atoms with Crippen molar-refractivity contribution in [3.8, 4) is 0 Å². The molecule has 136 valence electrons. The lowest BCUT2D eigenvalue weighted by atomic mass is 9.86. The number of primary amides is 2. The molecule has 1 fully saturated rings. The molecule has 2 aliphatic heterocycles. The highest BCUT2D eigenvalue weighted by atomic mass is 32.1. The predicted molar refractivity (Wildman–Crippen MR) is 94.4 cm³/mol. The number of amides is 3. The summed E-state index contributed by atoms with van der Waals surface area (Å²) in [6.07, 6.45) is 1.07. The van der Waals surface area contributed by atoms with Crippen molar-refractivity contribution < 1.29 is 19.1 Å². The lowest BCUT2D eigenvalue weighted by Crippen LogP contribution is -2.43. The summed E-state index contributed by atoms with van der Waals surface area (Å²) < 4.78 is 6.16. The minimum atomic E-state index is -0.747. The monoisotopic (exact) mass is 365 g/mol. The van der Waals surface area contributed by atoms with E-state index in [9.17, 15) is 14.4 Å². The van der Waals surface area contributed by atoms with Crippen LogP contribution in [0.15, 0.2) is 0 Å². The van der Waals surface area contributed by atoms with E-state index in [2.05, 4.69) is 0 Å². The van der Waals surface area contributed by atoms with Gasteiger partial charge in [0.25, 0.3) is 5.91 Å².